The van der Waals surface area contributed by atoms with Gasteiger partial charge < -0.3 is 4.98 Å². The average Bonchev–Trinajstić information content (AvgIpc) is 2.54. The van der Waals surface area contributed by atoms with E-state index in [2.05, 4.69) is 36.8 Å². The Morgan fingerprint density at radius 3 is 2.58 bits per heavy atom. The first-order valence-corrected chi connectivity index (χ1v) is 6.10. The molecule has 64 valence electrons. The van der Waals surface area contributed by atoms with E-state index in [0.717, 1.165) is 0 Å². The molecule has 1 aromatic heterocycles. The Hall–Kier alpha value is -0.0700. The molecule has 0 aliphatic carbocycles. The Morgan fingerprint density at radius 2 is 2.00 bits per heavy atom. The van der Waals surface area contributed by atoms with E-state index in [0.29, 0.717) is 15.1 Å². The van der Waals surface area contributed by atoms with Gasteiger partial charge in [0.15, 0.2) is 0 Å². The fraction of sp³-hybridized carbons (Fsp3) is 0. The number of nitrogens with one attached hydrogen (secondary N) is 1. The minimum absolute atomic E-state index is 0.192. The van der Waals surface area contributed by atoms with Gasteiger partial charge in [0.25, 0.3) is 0 Å². The van der Waals surface area contributed by atoms with Gasteiger partial charge in [0.2, 0.25) is 9.84 Å². The lowest BCUT2D eigenvalue weighted by Gasteiger charge is -1.90. The number of hydrogen-bond acceptors (Lipinski definition) is 2. The fourth-order valence-electron chi connectivity index (χ4n) is 1.06. The van der Waals surface area contributed by atoms with Crippen LogP contribution < -0.4 is 0 Å². The molecule has 0 atom stereocenters. The van der Waals surface area contributed by atoms with Crippen molar-refractivity contribution < 1.29 is 8.42 Å². The van der Waals surface area contributed by atoms with Gasteiger partial charge >= 0.3 is 0 Å². The maximum absolute atomic E-state index is 11.5. The SMILES string of the molecule is O=S1(=O)C(Br)=C(Br)c2[nH]ccc21. The molecule has 0 bridgehead atoms. The second-order valence-electron chi connectivity index (χ2n) is 2.31. The van der Waals surface area contributed by atoms with Gasteiger partial charge in [0.1, 0.15) is 3.81 Å². The highest BCUT2D eigenvalue weighted by Gasteiger charge is 2.33. The van der Waals surface area contributed by atoms with E-state index in [-0.39, 0.29) is 3.81 Å². The summed E-state index contributed by atoms with van der Waals surface area (Å²) < 4.78 is 23.8. The molecule has 2 rings (SSSR count). The summed E-state index contributed by atoms with van der Waals surface area (Å²) in [4.78, 5) is 3.16. The van der Waals surface area contributed by atoms with Gasteiger partial charge in [0.05, 0.1) is 15.1 Å². The Morgan fingerprint density at radius 1 is 1.33 bits per heavy atom. The lowest BCUT2D eigenvalue weighted by molar-refractivity contribution is 0.605. The van der Waals surface area contributed by atoms with Crippen LogP contribution in [0.15, 0.2) is 21.0 Å². The first-order valence-electron chi connectivity index (χ1n) is 3.03. The highest BCUT2D eigenvalue weighted by atomic mass is 79.9. The van der Waals surface area contributed by atoms with Crippen molar-refractivity contribution in [3.63, 3.8) is 0 Å². The Balaban J connectivity index is 2.91. The summed E-state index contributed by atoms with van der Waals surface area (Å²) in [6.45, 7) is 0. The molecule has 0 aromatic carbocycles. The molecule has 0 spiro atoms. The summed E-state index contributed by atoms with van der Waals surface area (Å²) in [5.74, 6) is 0. The second-order valence-corrected chi connectivity index (χ2v) is 6.27. The molecule has 1 aromatic rings. The zero-order valence-corrected chi connectivity index (χ0v) is 9.62. The van der Waals surface area contributed by atoms with Gasteiger partial charge in [-0.05, 0) is 37.9 Å². The number of hydrogen-bond donors (Lipinski definition) is 1. The number of H-pyrrole nitrogens is 1. The van der Waals surface area contributed by atoms with Gasteiger partial charge in [-0.3, -0.25) is 0 Å². The first-order chi connectivity index (χ1) is 5.55. The summed E-state index contributed by atoms with van der Waals surface area (Å²) >= 11 is 6.19. The molecule has 0 saturated carbocycles. The van der Waals surface area contributed by atoms with Gasteiger partial charge in [-0.1, -0.05) is 0 Å². The molecule has 0 radical (unpaired) electrons. The van der Waals surface area contributed by atoms with E-state index >= 15 is 0 Å². The quantitative estimate of drug-likeness (QED) is 0.798. The van der Waals surface area contributed by atoms with Crippen molar-refractivity contribution in [2.24, 2.45) is 0 Å². The van der Waals surface area contributed by atoms with E-state index in [1.54, 1.807) is 12.3 Å². The summed E-state index contributed by atoms with van der Waals surface area (Å²) in [6, 6.07) is 1.54. The summed E-state index contributed by atoms with van der Waals surface area (Å²) in [7, 11) is -3.27. The lowest BCUT2D eigenvalue weighted by Crippen LogP contribution is -1.93. The Kier molecular flexibility index (Phi) is 1.75. The molecular formula is C6H3Br2NO2S. The first kappa shape index (κ1) is 8.52. The molecule has 2 heterocycles. The molecule has 0 saturated heterocycles. The largest absolute Gasteiger partial charge is 0.360 e. The van der Waals surface area contributed by atoms with E-state index in [1.807, 2.05) is 0 Å². The van der Waals surface area contributed by atoms with Crippen molar-refractivity contribution in [1.29, 1.82) is 0 Å². The number of halogens is 2. The van der Waals surface area contributed by atoms with Crippen LogP contribution in [0.2, 0.25) is 0 Å². The molecule has 0 fully saturated rings. The van der Waals surface area contributed by atoms with Crippen LogP contribution in [-0.2, 0) is 9.84 Å². The van der Waals surface area contributed by atoms with Crippen molar-refractivity contribution in [3.05, 3.63) is 21.8 Å². The molecule has 0 amide bonds. The van der Waals surface area contributed by atoms with Gasteiger partial charge in [0, 0.05) is 6.20 Å². The van der Waals surface area contributed by atoms with Crippen LogP contribution >= 0.6 is 31.9 Å². The highest BCUT2D eigenvalue weighted by Crippen LogP contribution is 2.44. The Labute approximate surface area is 86.0 Å². The predicted octanol–water partition coefficient (Wildman–Crippen LogP) is 2.22. The van der Waals surface area contributed by atoms with Crippen molar-refractivity contribution in [2.45, 2.75) is 4.90 Å². The standard InChI is InChI=1S/C6H3Br2NO2S/c7-4-5-3(1-2-9-5)12(10,11)6(4)8/h1-2,9H. The zero-order valence-electron chi connectivity index (χ0n) is 5.64. The normalized spacial score (nSPS) is 19.8. The minimum atomic E-state index is -3.27. The monoisotopic (exact) mass is 311 g/mol. The summed E-state index contributed by atoms with van der Waals surface area (Å²) in [5, 5.41) is 0. The van der Waals surface area contributed by atoms with Gasteiger partial charge in [-0.25, -0.2) is 8.42 Å². The lowest BCUT2D eigenvalue weighted by atomic mass is 10.4. The molecule has 1 aliphatic rings. The number of sulfone groups is 1. The predicted molar refractivity (Wildman–Crippen MR) is 52.8 cm³/mol. The number of rotatable bonds is 0. The van der Waals surface area contributed by atoms with Crippen LogP contribution in [0.4, 0.5) is 0 Å². The van der Waals surface area contributed by atoms with Crippen LogP contribution in [0, 0.1) is 0 Å². The molecule has 6 heteroatoms. The number of aromatic amines is 1. The van der Waals surface area contributed by atoms with Crippen molar-refractivity contribution in [2.75, 3.05) is 0 Å². The van der Waals surface area contributed by atoms with Crippen molar-refractivity contribution in [1.82, 2.24) is 4.98 Å². The van der Waals surface area contributed by atoms with Crippen LogP contribution in [0.3, 0.4) is 0 Å². The van der Waals surface area contributed by atoms with Crippen LogP contribution in [0.5, 0.6) is 0 Å². The third-order valence-electron chi connectivity index (χ3n) is 1.63. The van der Waals surface area contributed by atoms with E-state index < -0.39 is 9.84 Å². The van der Waals surface area contributed by atoms with E-state index in [1.165, 1.54) is 0 Å². The maximum Gasteiger partial charge on any atom is 0.216 e. The van der Waals surface area contributed by atoms with Crippen LogP contribution in [0.1, 0.15) is 5.69 Å². The van der Waals surface area contributed by atoms with Gasteiger partial charge in [-0.2, -0.15) is 0 Å². The maximum atomic E-state index is 11.5. The third kappa shape index (κ3) is 0.884. The summed E-state index contributed by atoms with van der Waals surface area (Å²) in [5.41, 5.74) is 0.613. The molecule has 1 aliphatic heterocycles. The molecule has 12 heavy (non-hydrogen) atoms. The number of aromatic nitrogens is 1. The second kappa shape index (κ2) is 2.46. The summed E-state index contributed by atoms with van der Waals surface area (Å²) in [6.07, 6.45) is 1.60. The molecule has 1 N–H and O–H groups in total. The average molecular weight is 313 g/mol. The van der Waals surface area contributed by atoms with Crippen LogP contribution in [0.25, 0.3) is 4.48 Å². The van der Waals surface area contributed by atoms with Crippen molar-refractivity contribution >= 4 is 46.2 Å². The molecular weight excluding hydrogens is 310 g/mol. The van der Waals surface area contributed by atoms with E-state index in [4.69, 9.17) is 0 Å². The molecule has 0 unspecified atom stereocenters. The van der Waals surface area contributed by atoms with Gasteiger partial charge in [-0.15, -0.1) is 0 Å². The van der Waals surface area contributed by atoms with Crippen molar-refractivity contribution in [3.8, 4) is 0 Å². The Bertz CT molecular complexity index is 471. The third-order valence-corrected chi connectivity index (χ3v) is 6.48. The smallest absolute Gasteiger partial charge is 0.216 e. The number of fused-ring (bicyclic) bond motifs is 1. The fourth-order valence-corrected chi connectivity index (χ4v) is 4.09. The topological polar surface area (TPSA) is 49.9 Å². The van der Waals surface area contributed by atoms with E-state index in [9.17, 15) is 8.42 Å². The zero-order chi connectivity index (χ0) is 8.93. The highest BCUT2D eigenvalue weighted by molar-refractivity contribution is 9.17. The molecule has 3 nitrogen and oxygen atoms in total. The van der Waals surface area contributed by atoms with Crippen LogP contribution in [-0.4, -0.2) is 13.4 Å². The minimum Gasteiger partial charge on any atom is -0.360 e.